The predicted octanol–water partition coefficient (Wildman–Crippen LogP) is 2.04. The van der Waals surface area contributed by atoms with E-state index in [2.05, 4.69) is 36.5 Å². The summed E-state index contributed by atoms with van der Waals surface area (Å²) in [5, 5.41) is 2.88. The van der Waals surface area contributed by atoms with Gasteiger partial charge in [0.15, 0.2) is 0 Å². The van der Waals surface area contributed by atoms with Crippen LogP contribution < -0.4 is 11.1 Å². The average molecular weight is 248 g/mol. The molecule has 1 atom stereocenters. The van der Waals surface area contributed by atoms with Crippen LogP contribution in [0.2, 0.25) is 0 Å². The van der Waals surface area contributed by atoms with E-state index in [4.69, 9.17) is 5.73 Å². The predicted molar refractivity (Wildman–Crippen MR) is 75.4 cm³/mol. The molecule has 0 aliphatic carbocycles. The molecule has 100 valence electrons. The van der Waals surface area contributed by atoms with Crippen LogP contribution in [-0.2, 0) is 17.6 Å². The van der Waals surface area contributed by atoms with Gasteiger partial charge in [-0.1, -0.05) is 44.5 Å². The number of rotatable bonds is 7. The molecule has 1 aromatic carbocycles. The summed E-state index contributed by atoms with van der Waals surface area (Å²) in [5.74, 6) is -0.0398. The summed E-state index contributed by atoms with van der Waals surface area (Å²) in [4.78, 5) is 11.6. The summed E-state index contributed by atoms with van der Waals surface area (Å²) in [6.07, 6.45) is 3.60. The van der Waals surface area contributed by atoms with E-state index < -0.39 is 0 Å². The van der Waals surface area contributed by atoms with E-state index in [0.29, 0.717) is 6.54 Å². The molecular formula is C15H24N2O. The van der Waals surface area contributed by atoms with Crippen LogP contribution >= 0.6 is 0 Å². The minimum atomic E-state index is -0.363. The third-order valence-corrected chi connectivity index (χ3v) is 3.08. The number of nitrogens with one attached hydrogen (secondary N) is 1. The lowest BCUT2D eigenvalue weighted by atomic mass is 10.1. The fourth-order valence-corrected chi connectivity index (χ4v) is 1.84. The second-order valence-electron chi connectivity index (χ2n) is 4.61. The number of benzene rings is 1. The van der Waals surface area contributed by atoms with Crippen molar-refractivity contribution in [3.8, 4) is 0 Å². The Morgan fingerprint density at radius 1 is 1.22 bits per heavy atom. The zero-order valence-electron chi connectivity index (χ0n) is 11.4. The fraction of sp³-hybridized carbons (Fsp3) is 0.533. The van der Waals surface area contributed by atoms with Crippen LogP contribution in [0.3, 0.4) is 0 Å². The van der Waals surface area contributed by atoms with Crippen LogP contribution in [0.25, 0.3) is 0 Å². The Morgan fingerprint density at radius 2 is 1.83 bits per heavy atom. The number of hydrogen-bond donors (Lipinski definition) is 2. The van der Waals surface area contributed by atoms with E-state index in [1.54, 1.807) is 0 Å². The molecule has 0 spiro atoms. The molecular weight excluding hydrogens is 224 g/mol. The van der Waals surface area contributed by atoms with Crippen molar-refractivity contribution < 1.29 is 4.79 Å². The van der Waals surface area contributed by atoms with Gasteiger partial charge in [0.25, 0.3) is 0 Å². The first-order valence-electron chi connectivity index (χ1n) is 6.78. The van der Waals surface area contributed by atoms with Crippen molar-refractivity contribution in [1.29, 1.82) is 0 Å². The average Bonchev–Trinajstić information content (AvgIpc) is 2.39. The van der Waals surface area contributed by atoms with Crippen molar-refractivity contribution in [3.63, 3.8) is 0 Å². The Morgan fingerprint density at radius 3 is 2.39 bits per heavy atom. The Kier molecular flexibility index (Phi) is 6.44. The maximum Gasteiger partial charge on any atom is 0.236 e. The molecule has 1 rings (SSSR count). The smallest absolute Gasteiger partial charge is 0.236 e. The molecule has 0 aliphatic heterocycles. The Labute approximate surface area is 110 Å². The first-order chi connectivity index (χ1) is 8.67. The first kappa shape index (κ1) is 14.7. The van der Waals surface area contributed by atoms with Gasteiger partial charge in [-0.25, -0.2) is 0 Å². The van der Waals surface area contributed by atoms with E-state index in [0.717, 1.165) is 25.7 Å². The highest BCUT2D eigenvalue weighted by atomic mass is 16.2. The molecule has 1 amide bonds. The molecule has 3 nitrogen and oxygen atoms in total. The van der Waals surface area contributed by atoms with Crippen LogP contribution in [0.1, 0.15) is 37.8 Å². The van der Waals surface area contributed by atoms with Crippen molar-refractivity contribution in [2.45, 2.75) is 45.6 Å². The molecule has 0 bridgehead atoms. The SMILES string of the molecule is CCCC(N)C(=O)NCCc1ccc(CC)cc1. The van der Waals surface area contributed by atoms with Crippen LogP contribution in [-0.4, -0.2) is 18.5 Å². The van der Waals surface area contributed by atoms with Gasteiger partial charge in [0.05, 0.1) is 6.04 Å². The molecule has 3 N–H and O–H groups in total. The van der Waals surface area contributed by atoms with Gasteiger partial charge in [0.2, 0.25) is 5.91 Å². The second-order valence-corrected chi connectivity index (χ2v) is 4.61. The minimum absolute atomic E-state index is 0.0398. The minimum Gasteiger partial charge on any atom is -0.354 e. The lowest BCUT2D eigenvalue weighted by Gasteiger charge is -2.11. The molecule has 0 saturated heterocycles. The highest BCUT2D eigenvalue weighted by Gasteiger charge is 2.10. The van der Waals surface area contributed by atoms with Crippen molar-refractivity contribution in [2.75, 3.05) is 6.54 Å². The van der Waals surface area contributed by atoms with E-state index in [9.17, 15) is 4.79 Å². The zero-order chi connectivity index (χ0) is 13.4. The quantitative estimate of drug-likeness (QED) is 0.776. The summed E-state index contributed by atoms with van der Waals surface area (Å²) in [5.41, 5.74) is 8.32. The summed E-state index contributed by atoms with van der Waals surface area (Å²) in [6.45, 7) is 4.83. The summed E-state index contributed by atoms with van der Waals surface area (Å²) >= 11 is 0. The van der Waals surface area contributed by atoms with Crippen LogP contribution in [0.5, 0.6) is 0 Å². The Hall–Kier alpha value is -1.35. The van der Waals surface area contributed by atoms with Gasteiger partial charge >= 0.3 is 0 Å². The molecule has 0 aliphatic rings. The van der Waals surface area contributed by atoms with Gasteiger partial charge in [-0.3, -0.25) is 4.79 Å². The van der Waals surface area contributed by atoms with Gasteiger partial charge in [-0.15, -0.1) is 0 Å². The number of nitrogens with two attached hydrogens (primary N) is 1. The number of amides is 1. The van der Waals surface area contributed by atoms with Crippen LogP contribution in [0.4, 0.5) is 0 Å². The zero-order valence-corrected chi connectivity index (χ0v) is 11.4. The first-order valence-corrected chi connectivity index (χ1v) is 6.78. The van der Waals surface area contributed by atoms with Crippen LogP contribution in [0, 0.1) is 0 Å². The molecule has 3 heteroatoms. The topological polar surface area (TPSA) is 55.1 Å². The third kappa shape index (κ3) is 4.88. The molecule has 0 heterocycles. The van der Waals surface area contributed by atoms with Crippen molar-refractivity contribution in [3.05, 3.63) is 35.4 Å². The number of aryl methyl sites for hydroxylation is 1. The van der Waals surface area contributed by atoms with Gasteiger partial charge in [-0.05, 0) is 30.4 Å². The molecule has 18 heavy (non-hydrogen) atoms. The monoisotopic (exact) mass is 248 g/mol. The van der Waals surface area contributed by atoms with Gasteiger partial charge in [-0.2, -0.15) is 0 Å². The standard InChI is InChI=1S/C15H24N2O/c1-3-5-14(16)15(18)17-11-10-13-8-6-12(4-2)7-9-13/h6-9,14H,3-5,10-11,16H2,1-2H3,(H,17,18). The Bertz CT molecular complexity index is 359. The molecule has 1 aromatic rings. The highest BCUT2D eigenvalue weighted by molar-refractivity contribution is 5.81. The Balaban J connectivity index is 2.30. The lowest BCUT2D eigenvalue weighted by Crippen LogP contribution is -2.41. The van der Waals surface area contributed by atoms with E-state index >= 15 is 0 Å². The van der Waals surface area contributed by atoms with Gasteiger partial charge < -0.3 is 11.1 Å². The van der Waals surface area contributed by atoms with Crippen molar-refractivity contribution >= 4 is 5.91 Å². The molecule has 0 radical (unpaired) electrons. The van der Waals surface area contributed by atoms with E-state index in [-0.39, 0.29) is 11.9 Å². The van der Waals surface area contributed by atoms with E-state index in [1.807, 2.05) is 6.92 Å². The molecule has 1 unspecified atom stereocenters. The largest absolute Gasteiger partial charge is 0.354 e. The molecule has 0 saturated carbocycles. The summed E-state index contributed by atoms with van der Waals surface area (Å²) < 4.78 is 0. The number of carbonyl (C=O) groups excluding carboxylic acids is 1. The highest BCUT2D eigenvalue weighted by Crippen LogP contribution is 2.05. The maximum atomic E-state index is 11.6. The number of carbonyl (C=O) groups is 1. The number of hydrogen-bond acceptors (Lipinski definition) is 2. The van der Waals surface area contributed by atoms with Gasteiger partial charge in [0.1, 0.15) is 0 Å². The molecule has 0 aromatic heterocycles. The summed E-state index contributed by atoms with van der Waals surface area (Å²) in [7, 11) is 0. The second kappa shape index (κ2) is 7.88. The lowest BCUT2D eigenvalue weighted by molar-refractivity contribution is -0.122. The van der Waals surface area contributed by atoms with Gasteiger partial charge in [0, 0.05) is 6.54 Å². The fourth-order valence-electron chi connectivity index (χ4n) is 1.84. The van der Waals surface area contributed by atoms with Crippen LogP contribution in [0.15, 0.2) is 24.3 Å². The maximum absolute atomic E-state index is 11.6. The van der Waals surface area contributed by atoms with Crippen molar-refractivity contribution in [2.24, 2.45) is 5.73 Å². The van der Waals surface area contributed by atoms with Crippen molar-refractivity contribution in [1.82, 2.24) is 5.32 Å². The summed E-state index contributed by atoms with van der Waals surface area (Å²) in [6, 6.07) is 8.16. The van der Waals surface area contributed by atoms with E-state index in [1.165, 1.54) is 11.1 Å². The third-order valence-electron chi connectivity index (χ3n) is 3.08. The molecule has 0 fully saturated rings. The normalized spacial score (nSPS) is 12.2.